The van der Waals surface area contributed by atoms with Gasteiger partial charge in [-0.25, -0.2) is 5.43 Å². The monoisotopic (exact) mass is 542 g/mol. The Morgan fingerprint density at radius 3 is 2.70 bits per heavy atom. The Kier molecular flexibility index (Phi) is 8.80. The molecular weight excluding hydrogens is 523 g/mol. The number of nitrogens with one attached hydrogen (secondary N) is 1. The fourth-order valence-electron chi connectivity index (χ4n) is 2.21. The van der Waals surface area contributed by atoms with Gasteiger partial charge in [0.25, 0.3) is 0 Å². The average Bonchev–Trinajstić information content (AvgIpc) is 2.63. The minimum Gasteiger partial charge on any atom is -0.490 e. The number of halogens is 2. The second-order valence-corrected chi connectivity index (χ2v) is 7.54. The number of nitrogens with zero attached hydrogens (tertiary/aromatic N) is 1. The van der Waals surface area contributed by atoms with Gasteiger partial charge in [0, 0.05) is 4.47 Å². The molecule has 1 N–H and O–H groups in total. The molecule has 0 atom stereocenters. The first-order valence-electron chi connectivity index (χ1n) is 8.29. The van der Waals surface area contributed by atoms with Gasteiger partial charge < -0.3 is 9.47 Å². The third kappa shape index (κ3) is 6.99. The van der Waals surface area contributed by atoms with Crippen molar-refractivity contribution in [3.05, 3.63) is 68.2 Å². The highest BCUT2D eigenvalue weighted by molar-refractivity contribution is 14.1. The molecule has 0 saturated heterocycles. The van der Waals surface area contributed by atoms with Crippen molar-refractivity contribution in [2.45, 2.75) is 13.3 Å². The van der Waals surface area contributed by atoms with Gasteiger partial charge in [0.05, 0.1) is 22.8 Å². The van der Waals surface area contributed by atoms with Crippen molar-refractivity contribution in [1.82, 2.24) is 5.43 Å². The zero-order chi connectivity index (χ0) is 19.6. The molecule has 27 heavy (non-hydrogen) atoms. The summed E-state index contributed by atoms with van der Waals surface area (Å²) in [5, 5.41) is 4.04. The zero-order valence-electron chi connectivity index (χ0n) is 14.9. The molecular formula is C20H20BrIN2O3. The number of carbonyl (C=O) groups is 1. The lowest BCUT2D eigenvalue weighted by Crippen LogP contribution is -2.19. The van der Waals surface area contributed by atoms with E-state index in [1.54, 1.807) is 12.3 Å². The SMILES string of the molecule is C=CCOc1c(I)cc(/C=N\NC(=O)Cc2ccc(Br)cc2)cc1OCC. The predicted molar refractivity (Wildman–Crippen MR) is 120 cm³/mol. The lowest BCUT2D eigenvalue weighted by Gasteiger charge is -2.13. The average molecular weight is 543 g/mol. The van der Waals surface area contributed by atoms with Gasteiger partial charge in [-0.1, -0.05) is 40.7 Å². The van der Waals surface area contributed by atoms with E-state index in [1.165, 1.54) is 0 Å². The van der Waals surface area contributed by atoms with Crippen LogP contribution in [0.2, 0.25) is 0 Å². The Balaban J connectivity index is 2.03. The molecule has 0 unspecified atom stereocenters. The first kappa shape index (κ1) is 21.4. The van der Waals surface area contributed by atoms with E-state index >= 15 is 0 Å². The molecule has 0 aromatic heterocycles. The first-order chi connectivity index (χ1) is 13.0. The Bertz CT molecular complexity index is 823. The Morgan fingerprint density at radius 1 is 1.30 bits per heavy atom. The molecule has 0 spiro atoms. The van der Waals surface area contributed by atoms with Crippen LogP contribution in [0.1, 0.15) is 18.1 Å². The molecule has 0 bridgehead atoms. The molecule has 2 aromatic carbocycles. The second kappa shape index (κ2) is 11.1. The molecule has 1 amide bonds. The second-order valence-electron chi connectivity index (χ2n) is 5.46. The smallest absolute Gasteiger partial charge is 0.244 e. The van der Waals surface area contributed by atoms with Crippen LogP contribution in [0.3, 0.4) is 0 Å². The Labute approximate surface area is 181 Å². The number of carbonyl (C=O) groups excluding carboxylic acids is 1. The normalized spacial score (nSPS) is 10.6. The van der Waals surface area contributed by atoms with Gasteiger partial charge in [0.1, 0.15) is 6.61 Å². The van der Waals surface area contributed by atoms with Crippen LogP contribution in [0.4, 0.5) is 0 Å². The van der Waals surface area contributed by atoms with Crippen LogP contribution in [-0.4, -0.2) is 25.3 Å². The van der Waals surface area contributed by atoms with Crippen LogP contribution < -0.4 is 14.9 Å². The molecule has 5 nitrogen and oxygen atoms in total. The molecule has 0 saturated carbocycles. The summed E-state index contributed by atoms with van der Waals surface area (Å²) in [5.74, 6) is 1.13. The minimum atomic E-state index is -0.181. The summed E-state index contributed by atoms with van der Waals surface area (Å²) in [7, 11) is 0. The van der Waals surface area contributed by atoms with Crippen LogP contribution in [0.25, 0.3) is 0 Å². The molecule has 0 radical (unpaired) electrons. The maximum Gasteiger partial charge on any atom is 0.244 e. The van der Waals surface area contributed by atoms with Crippen LogP contribution in [0, 0.1) is 3.57 Å². The van der Waals surface area contributed by atoms with Gasteiger partial charge >= 0.3 is 0 Å². The lowest BCUT2D eigenvalue weighted by atomic mass is 10.1. The van der Waals surface area contributed by atoms with E-state index in [4.69, 9.17) is 9.47 Å². The van der Waals surface area contributed by atoms with Gasteiger partial charge in [-0.05, 0) is 64.9 Å². The summed E-state index contributed by atoms with van der Waals surface area (Å²) in [5.41, 5.74) is 4.27. The highest BCUT2D eigenvalue weighted by atomic mass is 127. The van der Waals surface area contributed by atoms with Crippen molar-refractivity contribution in [1.29, 1.82) is 0 Å². The third-order valence-corrected chi connectivity index (χ3v) is 4.69. The van der Waals surface area contributed by atoms with Gasteiger partial charge in [-0.2, -0.15) is 5.10 Å². The molecule has 142 valence electrons. The predicted octanol–water partition coefficient (Wildman–Crippen LogP) is 4.71. The van der Waals surface area contributed by atoms with Crippen molar-refractivity contribution in [2.24, 2.45) is 5.10 Å². The summed E-state index contributed by atoms with van der Waals surface area (Å²) in [6, 6.07) is 11.3. The molecule has 0 aliphatic carbocycles. The van der Waals surface area contributed by atoms with Crippen LogP contribution in [0.15, 0.2) is 58.6 Å². The molecule has 7 heteroatoms. The zero-order valence-corrected chi connectivity index (χ0v) is 18.6. The van der Waals surface area contributed by atoms with Crippen LogP contribution >= 0.6 is 38.5 Å². The maximum atomic E-state index is 12.0. The van der Waals surface area contributed by atoms with Crippen LogP contribution in [0.5, 0.6) is 11.5 Å². The highest BCUT2D eigenvalue weighted by Gasteiger charge is 2.11. The van der Waals surface area contributed by atoms with Gasteiger partial charge in [0.2, 0.25) is 5.91 Å². The van der Waals surface area contributed by atoms with E-state index in [0.29, 0.717) is 24.7 Å². The van der Waals surface area contributed by atoms with Gasteiger partial charge in [0.15, 0.2) is 11.5 Å². The van der Waals surface area contributed by atoms with E-state index in [1.807, 2.05) is 43.3 Å². The molecule has 2 aromatic rings. The van der Waals surface area contributed by atoms with E-state index in [2.05, 4.69) is 55.6 Å². The van der Waals surface area contributed by atoms with Crippen molar-refractivity contribution in [3.8, 4) is 11.5 Å². The number of amides is 1. The Hall–Kier alpha value is -1.87. The number of hydrogen-bond donors (Lipinski definition) is 1. The van der Waals surface area contributed by atoms with Crippen molar-refractivity contribution >= 4 is 50.6 Å². The number of ether oxygens (including phenoxy) is 2. The fourth-order valence-corrected chi connectivity index (χ4v) is 3.26. The number of rotatable bonds is 9. The van der Waals surface area contributed by atoms with Crippen molar-refractivity contribution < 1.29 is 14.3 Å². The summed E-state index contributed by atoms with van der Waals surface area (Å²) in [6.45, 7) is 6.49. The lowest BCUT2D eigenvalue weighted by molar-refractivity contribution is -0.120. The van der Waals surface area contributed by atoms with Gasteiger partial charge in [-0.3, -0.25) is 4.79 Å². The largest absolute Gasteiger partial charge is 0.490 e. The highest BCUT2D eigenvalue weighted by Crippen LogP contribution is 2.33. The molecule has 0 aliphatic heterocycles. The minimum absolute atomic E-state index is 0.181. The molecule has 2 rings (SSSR count). The standard InChI is InChI=1S/C20H20BrIN2O3/c1-3-9-27-20-17(22)10-15(11-18(20)26-4-2)13-23-24-19(25)12-14-5-7-16(21)8-6-14/h3,5-8,10-11,13H,1,4,9,12H2,2H3,(H,24,25)/b23-13-. The van der Waals surface area contributed by atoms with E-state index < -0.39 is 0 Å². The summed E-state index contributed by atoms with van der Waals surface area (Å²) >= 11 is 5.55. The number of hydrogen-bond acceptors (Lipinski definition) is 4. The quantitative estimate of drug-likeness (QED) is 0.216. The van der Waals surface area contributed by atoms with E-state index in [-0.39, 0.29) is 12.3 Å². The number of benzene rings is 2. The van der Waals surface area contributed by atoms with Crippen LogP contribution in [-0.2, 0) is 11.2 Å². The van der Waals surface area contributed by atoms with Crippen molar-refractivity contribution in [3.63, 3.8) is 0 Å². The summed E-state index contributed by atoms with van der Waals surface area (Å²) < 4.78 is 13.2. The number of hydrazone groups is 1. The topological polar surface area (TPSA) is 59.9 Å². The third-order valence-electron chi connectivity index (χ3n) is 3.36. The van der Waals surface area contributed by atoms with E-state index in [9.17, 15) is 4.79 Å². The van der Waals surface area contributed by atoms with Gasteiger partial charge in [-0.15, -0.1) is 0 Å². The summed E-state index contributed by atoms with van der Waals surface area (Å²) in [4.78, 5) is 12.0. The molecule has 0 aliphatic rings. The maximum absolute atomic E-state index is 12.0. The van der Waals surface area contributed by atoms with Crippen molar-refractivity contribution in [2.75, 3.05) is 13.2 Å². The molecule has 0 heterocycles. The molecule has 0 fully saturated rings. The first-order valence-corrected chi connectivity index (χ1v) is 10.2. The summed E-state index contributed by atoms with van der Waals surface area (Å²) in [6.07, 6.45) is 3.53. The Morgan fingerprint density at radius 2 is 2.04 bits per heavy atom. The van der Waals surface area contributed by atoms with E-state index in [0.717, 1.165) is 19.2 Å². The fraction of sp³-hybridized carbons (Fsp3) is 0.200.